The first-order valence-electron chi connectivity index (χ1n) is 4.17. The van der Waals surface area contributed by atoms with Gasteiger partial charge in [-0.05, 0) is 0 Å². The molecular weight excluding hydrogens is 245 g/mol. The number of halogens is 2. The summed E-state index contributed by atoms with van der Waals surface area (Å²) in [6, 6.07) is 0. The summed E-state index contributed by atoms with van der Waals surface area (Å²) in [5, 5.41) is 4.70. The van der Waals surface area contributed by atoms with Crippen LogP contribution in [0.3, 0.4) is 0 Å². The standard InChI is InChI=1S/C8H13Cl2NS2/c9-3-7(10)4-11-5-8-6-12-1-2-13-8/h3,8,11H,1-2,4-6H2/b7-3+. The minimum atomic E-state index is 0.676. The van der Waals surface area contributed by atoms with Crippen LogP contribution in [0.1, 0.15) is 0 Å². The van der Waals surface area contributed by atoms with Crippen molar-refractivity contribution in [3.63, 3.8) is 0 Å². The lowest BCUT2D eigenvalue weighted by Gasteiger charge is -2.20. The summed E-state index contributed by atoms with van der Waals surface area (Å²) in [6.07, 6.45) is 0. The molecule has 1 nitrogen and oxygen atoms in total. The van der Waals surface area contributed by atoms with E-state index in [0.717, 1.165) is 11.8 Å². The minimum absolute atomic E-state index is 0.676. The van der Waals surface area contributed by atoms with Gasteiger partial charge in [-0.1, -0.05) is 23.2 Å². The highest BCUT2D eigenvalue weighted by atomic mass is 35.5. The highest BCUT2D eigenvalue weighted by Gasteiger charge is 2.13. The van der Waals surface area contributed by atoms with Crippen LogP contribution < -0.4 is 5.32 Å². The van der Waals surface area contributed by atoms with Crippen molar-refractivity contribution in [2.45, 2.75) is 5.25 Å². The summed E-state index contributed by atoms with van der Waals surface area (Å²) in [6.45, 7) is 1.71. The van der Waals surface area contributed by atoms with Crippen molar-refractivity contribution in [3.05, 3.63) is 10.6 Å². The van der Waals surface area contributed by atoms with E-state index in [1.54, 1.807) is 0 Å². The zero-order valence-corrected chi connectivity index (χ0v) is 10.4. The summed E-state index contributed by atoms with van der Waals surface area (Å²) in [5.41, 5.74) is 1.41. The molecule has 1 atom stereocenters. The number of thioether (sulfide) groups is 2. The Morgan fingerprint density at radius 3 is 3.00 bits per heavy atom. The van der Waals surface area contributed by atoms with Gasteiger partial charge in [0.25, 0.3) is 0 Å². The Morgan fingerprint density at radius 2 is 2.38 bits per heavy atom. The maximum absolute atomic E-state index is 5.74. The van der Waals surface area contributed by atoms with Gasteiger partial charge in [0, 0.05) is 46.2 Å². The van der Waals surface area contributed by atoms with Crippen molar-refractivity contribution in [2.75, 3.05) is 30.3 Å². The molecule has 1 fully saturated rings. The van der Waals surface area contributed by atoms with E-state index in [1.165, 1.54) is 22.8 Å². The van der Waals surface area contributed by atoms with Gasteiger partial charge in [-0.25, -0.2) is 0 Å². The van der Waals surface area contributed by atoms with Gasteiger partial charge in [0.2, 0.25) is 0 Å². The molecule has 0 aromatic heterocycles. The van der Waals surface area contributed by atoms with Gasteiger partial charge < -0.3 is 5.32 Å². The van der Waals surface area contributed by atoms with Gasteiger partial charge in [0.15, 0.2) is 0 Å². The average Bonchev–Trinajstić information content (AvgIpc) is 2.19. The second-order valence-corrected chi connectivity index (χ2v) is 6.02. The van der Waals surface area contributed by atoms with Crippen LogP contribution in [0.15, 0.2) is 10.6 Å². The van der Waals surface area contributed by atoms with Crippen molar-refractivity contribution in [1.29, 1.82) is 0 Å². The van der Waals surface area contributed by atoms with Crippen molar-refractivity contribution in [1.82, 2.24) is 5.32 Å². The van der Waals surface area contributed by atoms with Crippen LogP contribution in [0, 0.1) is 0 Å². The Bertz CT molecular complexity index is 170. The molecule has 0 aliphatic carbocycles. The maximum Gasteiger partial charge on any atom is 0.0431 e. The van der Waals surface area contributed by atoms with Gasteiger partial charge in [-0.3, -0.25) is 0 Å². The van der Waals surface area contributed by atoms with Crippen LogP contribution in [0.25, 0.3) is 0 Å². The van der Waals surface area contributed by atoms with Crippen molar-refractivity contribution in [3.8, 4) is 0 Å². The van der Waals surface area contributed by atoms with E-state index in [1.807, 2.05) is 23.5 Å². The number of hydrogen-bond donors (Lipinski definition) is 1. The highest BCUT2D eigenvalue weighted by molar-refractivity contribution is 8.06. The predicted octanol–water partition coefficient (Wildman–Crippen LogP) is 2.74. The fraction of sp³-hybridized carbons (Fsp3) is 0.750. The van der Waals surface area contributed by atoms with Crippen LogP contribution >= 0.6 is 46.7 Å². The van der Waals surface area contributed by atoms with Crippen molar-refractivity contribution in [2.24, 2.45) is 0 Å². The van der Waals surface area contributed by atoms with Crippen molar-refractivity contribution >= 4 is 46.7 Å². The van der Waals surface area contributed by atoms with Gasteiger partial charge in [0.05, 0.1) is 0 Å². The summed E-state index contributed by atoms with van der Waals surface area (Å²) >= 11 is 15.2. The SMILES string of the molecule is Cl/C=C(/Cl)CNCC1CSCCS1. The molecule has 0 aromatic carbocycles. The van der Waals surface area contributed by atoms with Crippen LogP contribution in [-0.2, 0) is 0 Å². The van der Waals surface area contributed by atoms with Gasteiger partial charge in [-0.15, -0.1) is 0 Å². The van der Waals surface area contributed by atoms with E-state index in [2.05, 4.69) is 5.32 Å². The third kappa shape index (κ3) is 5.43. The summed E-state index contributed by atoms with van der Waals surface area (Å²) in [7, 11) is 0. The summed E-state index contributed by atoms with van der Waals surface area (Å²) in [4.78, 5) is 0. The molecular formula is C8H13Cl2NS2. The van der Waals surface area contributed by atoms with Crippen LogP contribution in [0.4, 0.5) is 0 Å². The second-order valence-electron chi connectivity index (χ2n) is 2.75. The van der Waals surface area contributed by atoms with Crippen LogP contribution in [0.5, 0.6) is 0 Å². The fourth-order valence-corrected chi connectivity index (χ4v) is 3.86. The van der Waals surface area contributed by atoms with Gasteiger partial charge in [-0.2, -0.15) is 23.5 Å². The molecule has 1 saturated heterocycles. The molecule has 1 unspecified atom stereocenters. The van der Waals surface area contributed by atoms with Gasteiger partial charge >= 0.3 is 0 Å². The molecule has 1 aliphatic heterocycles. The fourth-order valence-electron chi connectivity index (χ4n) is 1.05. The Balaban J connectivity index is 2.04. The molecule has 0 bridgehead atoms. The lowest BCUT2D eigenvalue weighted by atomic mass is 10.4. The first kappa shape index (κ1) is 12.1. The molecule has 1 heterocycles. The van der Waals surface area contributed by atoms with E-state index >= 15 is 0 Å². The second kappa shape index (κ2) is 7.30. The summed E-state index contributed by atoms with van der Waals surface area (Å²) < 4.78 is 0. The Hall–Kier alpha value is 0.980. The Labute approximate surface area is 98.0 Å². The first-order chi connectivity index (χ1) is 6.33. The third-order valence-electron chi connectivity index (χ3n) is 1.67. The topological polar surface area (TPSA) is 12.0 Å². The zero-order valence-electron chi connectivity index (χ0n) is 7.26. The molecule has 13 heavy (non-hydrogen) atoms. The van der Waals surface area contributed by atoms with Crippen LogP contribution in [-0.4, -0.2) is 35.6 Å². The monoisotopic (exact) mass is 257 g/mol. The predicted molar refractivity (Wildman–Crippen MR) is 66.2 cm³/mol. The molecule has 1 N–H and O–H groups in total. The van der Waals surface area contributed by atoms with E-state index in [9.17, 15) is 0 Å². The van der Waals surface area contributed by atoms with Gasteiger partial charge in [0.1, 0.15) is 0 Å². The average molecular weight is 258 g/mol. The number of rotatable bonds is 4. The molecule has 5 heteroatoms. The smallest absolute Gasteiger partial charge is 0.0431 e. The Morgan fingerprint density at radius 1 is 1.54 bits per heavy atom. The molecule has 76 valence electrons. The molecule has 0 radical (unpaired) electrons. The van der Waals surface area contributed by atoms with E-state index < -0.39 is 0 Å². The van der Waals surface area contributed by atoms with Crippen LogP contribution in [0.2, 0.25) is 0 Å². The van der Waals surface area contributed by atoms with E-state index in [4.69, 9.17) is 23.2 Å². The van der Waals surface area contributed by atoms with E-state index in [-0.39, 0.29) is 0 Å². The highest BCUT2D eigenvalue weighted by Crippen LogP contribution is 2.23. The Kier molecular flexibility index (Phi) is 6.76. The number of nitrogens with one attached hydrogen (secondary N) is 1. The minimum Gasteiger partial charge on any atom is -0.311 e. The zero-order chi connectivity index (χ0) is 9.52. The molecule has 1 aliphatic rings. The molecule has 0 spiro atoms. The third-order valence-corrected chi connectivity index (χ3v) is 5.13. The quantitative estimate of drug-likeness (QED) is 0.832. The van der Waals surface area contributed by atoms with Crippen molar-refractivity contribution < 1.29 is 0 Å². The number of hydrogen-bond acceptors (Lipinski definition) is 3. The normalized spacial score (nSPS) is 24.8. The molecule has 0 amide bonds. The molecule has 0 aromatic rings. The first-order valence-corrected chi connectivity index (χ1v) is 7.19. The largest absolute Gasteiger partial charge is 0.311 e. The summed E-state index contributed by atoms with van der Waals surface area (Å²) in [5.74, 6) is 3.82. The lowest BCUT2D eigenvalue weighted by molar-refractivity contribution is 0.738. The maximum atomic E-state index is 5.74. The lowest BCUT2D eigenvalue weighted by Crippen LogP contribution is -2.29. The van der Waals surface area contributed by atoms with E-state index in [0.29, 0.717) is 11.6 Å². The molecule has 1 rings (SSSR count). The molecule has 0 saturated carbocycles.